The summed E-state index contributed by atoms with van der Waals surface area (Å²) < 4.78 is 19.3. The van der Waals surface area contributed by atoms with Gasteiger partial charge in [0.05, 0.1) is 5.56 Å². The number of piperidine rings is 1. The summed E-state index contributed by atoms with van der Waals surface area (Å²) in [5, 5.41) is 17.6. The number of halogens is 1. The van der Waals surface area contributed by atoms with Crippen LogP contribution in [0, 0.1) is 22.6 Å². The Labute approximate surface area is 161 Å². The van der Waals surface area contributed by atoms with Crippen molar-refractivity contribution < 1.29 is 8.81 Å². The molecule has 5 rings (SSSR count). The molecule has 7 heteroatoms. The Kier molecular flexibility index (Phi) is 3.86. The Morgan fingerprint density at radius 3 is 2.82 bits per heavy atom. The van der Waals surface area contributed by atoms with Crippen LogP contribution in [0.5, 0.6) is 0 Å². The minimum atomic E-state index is -0.321. The number of nitrogens with zero attached hydrogens (tertiary/aromatic N) is 5. The number of hydrogen-bond acceptors (Lipinski definition) is 6. The number of nitriles is 1. The Bertz CT molecular complexity index is 1060. The first kappa shape index (κ1) is 16.9. The zero-order valence-electron chi connectivity index (χ0n) is 15.2. The van der Waals surface area contributed by atoms with Gasteiger partial charge in [-0.1, -0.05) is 6.07 Å². The zero-order valence-corrected chi connectivity index (χ0v) is 15.2. The Morgan fingerprint density at radius 2 is 2.04 bits per heavy atom. The maximum absolute atomic E-state index is 13.4. The molecule has 1 aromatic carbocycles. The summed E-state index contributed by atoms with van der Waals surface area (Å²) in [7, 11) is 0. The normalized spacial score (nSPS) is 20.1. The summed E-state index contributed by atoms with van der Waals surface area (Å²) >= 11 is 0. The van der Waals surface area contributed by atoms with Crippen molar-refractivity contribution in [3.05, 3.63) is 59.9 Å². The first-order chi connectivity index (χ1) is 13.7. The van der Waals surface area contributed by atoms with Gasteiger partial charge in [0.1, 0.15) is 17.7 Å². The van der Waals surface area contributed by atoms with Gasteiger partial charge in [-0.2, -0.15) is 5.26 Å². The molecular weight excluding hydrogens is 357 g/mol. The number of benzene rings is 1. The quantitative estimate of drug-likeness (QED) is 0.690. The van der Waals surface area contributed by atoms with E-state index in [4.69, 9.17) is 4.42 Å². The van der Waals surface area contributed by atoms with Crippen LogP contribution >= 0.6 is 0 Å². The number of anilines is 1. The first-order valence-electron chi connectivity index (χ1n) is 9.38. The highest BCUT2D eigenvalue weighted by Crippen LogP contribution is 2.64. The Hall–Kier alpha value is -3.27. The average Bonchev–Trinajstić information content (AvgIpc) is 3.20. The van der Waals surface area contributed by atoms with Crippen LogP contribution < -0.4 is 4.90 Å². The van der Waals surface area contributed by atoms with Gasteiger partial charge in [-0.25, -0.2) is 9.37 Å². The molecule has 0 radical (unpaired) electrons. The van der Waals surface area contributed by atoms with Crippen molar-refractivity contribution in [3.8, 4) is 17.5 Å². The van der Waals surface area contributed by atoms with E-state index in [1.165, 1.54) is 12.1 Å². The SMILES string of the molecule is N#Cc1cccnc1N1CCC2(CC1)C[C@@H]2c1nnc(-c2cccc(F)c2)o1. The molecule has 3 heterocycles. The van der Waals surface area contributed by atoms with Crippen LogP contribution in [0.15, 0.2) is 47.0 Å². The van der Waals surface area contributed by atoms with E-state index in [0.717, 1.165) is 38.2 Å². The van der Waals surface area contributed by atoms with Crippen molar-refractivity contribution in [2.24, 2.45) is 5.41 Å². The number of rotatable bonds is 3. The van der Waals surface area contributed by atoms with Gasteiger partial charge in [0.25, 0.3) is 0 Å². The molecule has 2 aromatic heterocycles. The summed E-state index contributed by atoms with van der Waals surface area (Å²) in [5.74, 6) is 1.70. The summed E-state index contributed by atoms with van der Waals surface area (Å²) in [6.07, 6.45) is 4.75. The fourth-order valence-corrected chi connectivity index (χ4v) is 4.26. The van der Waals surface area contributed by atoms with E-state index in [2.05, 4.69) is 26.2 Å². The second kappa shape index (κ2) is 6.41. The van der Waals surface area contributed by atoms with E-state index < -0.39 is 0 Å². The van der Waals surface area contributed by atoms with Crippen LogP contribution in [-0.4, -0.2) is 28.3 Å². The van der Waals surface area contributed by atoms with Gasteiger partial charge in [0, 0.05) is 30.8 Å². The second-order valence-electron chi connectivity index (χ2n) is 7.55. The zero-order chi connectivity index (χ0) is 19.1. The third-order valence-corrected chi connectivity index (χ3v) is 5.97. The summed E-state index contributed by atoms with van der Waals surface area (Å²) in [6.45, 7) is 1.71. The highest BCUT2D eigenvalue weighted by Gasteiger charge is 2.58. The van der Waals surface area contributed by atoms with Crippen LogP contribution in [-0.2, 0) is 0 Å². The predicted octanol–water partition coefficient (Wildman–Crippen LogP) is 3.92. The molecule has 0 N–H and O–H groups in total. The van der Waals surface area contributed by atoms with Gasteiger partial charge in [-0.15, -0.1) is 10.2 Å². The smallest absolute Gasteiger partial charge is 0.247 e. The molecule has 0 amide bonds. The third-order valence-electron chi connectivity index (χ3n) is 5.97. The molecule has 0 bridgehead atoms. The molecule has 6 nitrogen and oxygen atoms in total. The fraction of sp³-hybridized carbons (Fsp3) is 0.333. The largest absolute Gasteiger partial charge is 0.420 e. The van der Waals surface area contributed by atoms with E-state index in [-0.39, 0.29) is 17.2 Å². The van der Waals surface area contributed by atoms with Crippen molar-refractivity contribution in [1.82, 2.24) is 15.2 Å². The molecule has 1 saturated carbocycles. The van der Waals surface area contributed by atoms with Crippen molar-refractivity contribution in [2.45, 2.75) is 25.2 Å². The maximum Gasteiger partial charge on any atom is 0.247 e. The minimum absolute atomic E-state index is 0.184. The van der Waals surface area contributed by atoms with E-state index >= 15 is 0 Å². The monoisotopic (exact) mass is 375 g/mol. The van der Waals surface area contributed by atoms with Crippen molar-refractivity contribution in [3.63, 3.8) is 0 Å². The molecule has 28 heavy (non-hydrogen) atoms. The van der Waals surface area contributed by atoms with Crippen LogP contribution in [0.4, 0.5) is 10.2 Å². The van der Waals surface area contributed by atoms with Crippen LogP contribution in [0.1, 0.15) is 36.6 Å². The van der Waals surface area contributed by atoms with Gasteiger partial charge in [-0.05, 0) is 55.0 Å². The first-order valence-corrected chi connectivity index (χ1v) is 9.38. The molecule has 140 valence electrons. The molecule has 1 aliphatic carbocycles. The molecule has 1 atom stereocenters. The standard InChI is InChI=1S/C21H18FN5O/c22-16-5-1-3-14(11-16)19-25-26-20(28-19)17-12-21(17)6-9-27(10-7-21)18-15(13-23)4-2-8-24-18/h1-5,8,11,17H,6-7,9-10,12H2/t17-/m1/s1. The van der Waals surface area contributed by atoms with Gasteiger partial charge in [0.15, 0.2) is 0 Å². The molecule has 2 aliphatic rings. The third kappa shape index (κ3) is 2.82. The van der Waals surface area contributed by atoms with Crippen LogP contribution in [0.3, 0.4) is 0 Å². The maximum atomic E-state index is 13.4. The van der Waals surface area contributed by atoms with E-state index in [1.807, 2.05) is 0 Å². The molecule has 0 unspecified atom stereocenters. The van der Waals surface area contributed by atoms with Gasteiger partial charge >= 0.3 is 0 Å². The summed E-state index contributed by atoms with van der Waals surface area (Å²) in [5.41, 5.74) is 1.40. The van der Waals surface area contributed by atoms with Crippen molar-refractivity contribution >= 4 is 5.82 Å². The summed E-state index contributed by atoms with van der Waals surface area (Å²) in [6, 6.07) is 12.0. The highest BCUT2D eigenvalue weighted by molar-refractivity contribution is 5.54. The molecule has 1 spiro atoms. The van der Waals surface area contributed by atoms with E-state index in [0.29, 0.717) is 22.9 Å². The molecule has 3 aromatic rings. The highest BCUT2D eigenvalue weighted by atomic mass is 19.1. The van der Waals surface area contributed by atoms with Crippen LogP contribution in [0.2, 0.25) is 0 Å². The lowest BCUT2D eigenvalue weighted by Crippen LogP contribution is -2.36. The van der Waals surface area contributed by atoms with Crippen molar-refractivity contribution in [2.75, 3.05) is 18.0 Å². The molecule has 1 saturated heterocycles. The number of pyridine rings is 1. The Morgan fingerprint density at radius 1 is 1.18 bits per heavy atom. The summed E-state index contributed by atoms with van der Waals surface area (Å²) in [4.78, 5) is 6.58. The molecular formula is C21H18FN5O. The van der Waals surface area contributed by atoms with Crippen molar-refractivity contribution in [1.29, 1.82) is 5.26 Å². The number of hydrogen-bond donors (Lipinski definition) is 0. The van der Waals surface area contributed by atoms with E-state index in [9.17, 15) is 9.65 Å². The predicted molar refractivity (Wildman–Crippen MR) is 99.9 cm³/mol. The second-order valence-corrected chi connectivity index (χ2v) is 7.55. The minimum Gasteiger partial charge on any atom is -0.420 e. The lowest BCUT2D eigenvalue weighted by molar-refractivity contribution is 0.352. The average molecular weight is 375 g/mol. The fourth-order valence-electron chi connectivity index (χ4n) is 4.26. The molecule has 1 aliphatic heterocycles. The van der Waals surface area contributed by atoms with Gasteiger partial charge in [0.2, 0.25) is 11.8 Å². The lowest BCUT2D eigenvalue weighted by Gasteiger charge is -2.33. The van der Waals surface area contributed by atoms with Gasteiger partial charge < -0.3 is 9.32 Å². The lowest BCUT2D eigenvalue weighted by atomic mass is 9.90. The molecule has 2 fully saturated rings. The topological polar surface area (TPSA) is 78.8 Å². The van der Waals surface area contributed by atoms with Gasteiger partial charge in [-0.3, -0.25) is 0 Å². The Balaban J connectivity index is 1.29. The van der Waals surface area contributed by atoms with Crippen LogP contribution in [0.25, 0.3) is 11.5 Å². The van der Waals surface area contributed by atoms with E-state index in [1.54, 1.807) is 30.5 Å². The number of aromatic nitrogens is 3.